The maximum atomic E-state index is 13.1. The second kappa shape index (κ2) is 8.44. The van der Waals surface area contributed by atoms with E-state index in [1.165, 1.54) is 0 Å². The van der Waals surface area contributed by atoms with E-state index in [1.54, 1.807) is 11.4 Å². The summed E-state index contributed by atoms with van der Waals surface area (Å²) in [7, 11) is -1.84. The molecule has 0 unspecified atom stereocenters. The number of rotatable bonds is 5. The largest absolute Gasteiger partial charge is 0.383 e. The van der Waals surface area contributed by atoms with Gasteiger partial charge in [-0.05, 0) is 44.1 Å². The maximum absolute atomic E-state index is 13.1. The number of piperazine rings is 1. The lowest BCUT2D eigenvalue weighted by atomic mass is 10.1. The predicted molar refractivity (Wildman–Crippen MR) is 103 cm³/mol. The Hall–Kier alpha value is -1.22. The molecule has 1 aliphatic rings. The van der Waals surface area contributed by atoms with Gasteiger partial charge in [-0.3, -0.25) is 0 Å². The first-order valence-electron chi connectivity index (χ1n) is 8.37. The molecule has 140 valence electrons. The Morgan fingerprint density at radius 1 is 1.16 bits per heavy atom. The van der Waals surface area contributed by atoms with Crippen LogP contribution in [0.3, 0.4) is 0 Å². The second-order valence-corrected chi connectivity index (χ2v) is 8.61. The van der Waals surface area contributed by atoms with Crippen LogP contribution in [0.2, 0.25) is 0 Å². The number of hydrogen-bond donors (Lipinski definition) is 1. The molecule has 1 saturated heterocycles. The van der Waals surface area contributed by atoms with Gasteiger partial charge in [-0.1, -0.05) is 17.7 Å². The topological polar surface area (TPSA) is 61.9 Å². The van der Waals surface area contributed by atoms with E-state index in [9.17, 15) is 8.42 Å². The zero-order valence-electron chi connectivity index (χ0n) is 15.3. The third kappa shape index (κ3) is 4.69. The molecule has 1 heterocycles. The van der Waals surface area contributed by atoms with Crippen LogP contribution in [0.1, 0.15) is 16.7 Å². The van der Waals surface area contributed by atoms with E-state index >= 15 is 0 Å². The number of nitrogens with one attached hydrogen (secondary N) is 1. The molecule has 2 rings (SSSR count). The van der Waals surface area contributed by atoms with E-state index in [1.807, 2.05) is 37.8 Å². The Kier molecular flexibility index (Phi) is 6.79. The molecule has 0 spiro atoms. The molecule has 0 aliphatic carbocycles. The summed E-state index contributed by atoms with van der Waals surface area (Å²) in [4.78, 5) is 2.44. The molecule has 0 amide bonds. The molecule has 0 atom stereocenters. The van der Waals surface area contributed by atoms with E-state index in [2.05, 4.69) is 5.32 Å². The highest BCUT2D eigenvalue weighted by Crippen LogP contribution is 2.26. The van der Waals surface area contributed by atoms with Crippen molar-refractivity contribution >= 4 is 27.4 Å². The van der Waals surface area contributed by atoms with Crippen molar-refractivity contribution in [1.82, 2.24) is 14.5 Å². The van der Waals surface area contributed by atoms with Crippen molar-refractivity contribution in [2.24, 2.45) is 0 Å². The van der Waals surface area contributed by atoms with Crippen LogP contribution in [-0.2, 0) is 14.8 Å². The van der Waals surface area contributed by atoms with E-state index < -0.39 is 10.0 Å². The van der Waals surface area contributed by atoms with Crippen LogP contribution < -0.4 is 5.32 Å². The molecule has 0 aromatic heterocycles. The Morgan fingerprint density at radius 3 is 2.24 bits per heavy atom. The lowest BCUT2D eigenvalue weighted by molar-refractivity contribution is 0.201. The third-order valence-electron chi connectivity index (χ3n) is 4.31. The summed E-state index contributed by atoms with van der Waals surface area (Å²) in [5.74, 6) is 0. The standard InChI is InChI=1S/C17H27N3O3S2/c1-13-11-14(2)16(15(3)12-13)25(21,22)20-8-6-19(7-9-20)17(24)18-5-10-23-4/h11-12H,5-10H2,1-4H3,(H,18,24). The molecule has 1 fully saturated rings. The Balaban J connectivity index is 2.06. The second-order valence-electron chi connectivity index (χ2n) is 6.34. The first-order valence-corrected chi connectivity index (χ1v) is 10.2. The molecule has 25 heavy (non-hydrogen) atoms. The minimum absolute atomic E-state index is 0.432. The SMILES string of the molecule is COCCNC(=S)N1CCN(S(=O)(=O)c2c(C)cc(C)cc2C)CC1. The fourth-order valence-corrected chi connectivity index (χ4v) is 5.32. The van der Waals surface area contributed by atoms with E-state index in [-0.39, 0.29) is 0 Å². The van der Waals surface area contributed by atoms with E-state index in [0.29, 0.717) is 49.3 Å². The highest BCUT2D eigenvalue weighted by Gasteiger charge is 2.31. The zero-order valence-corrected chi connectivity index (χ0v) is 17.0. The van der Waals surface area contributed by atoms with Crippen LogP contribution >= 0.6 is 12.2 Å². The summed E-state index contributed by atoms with van der Waals surface area (Å²) in [6.07, 6.45) is 0. The van der Waals surface area contributed by atoms with Crippen molar-refractivity contribution in [2.75, 3.05) is 46.4 Å². The fourth-order valence-electron chi connectivity index (χ4n) is 3.21. The van der Waals surface area contributed by atoms with E-state index in [4.69, 9.17) is 17.0 Å². The van der Waals surface area contributed by atoms with Crippen LogP contribution in [0.15, 0.2) is 17.0 Å². The Morgan fingerprint density at radius 2 is 1.72 bits per heavy atom. The van der Waals surface area contributed by atoms with Gasteiger partial charge in [0.2, 0.25) is 10.0 Å². The Labute approximate surface area is 156 Å². The first kappa shape index (κ1) is 20.1. The van der Waals surface area contributed by atoms with Gasteiger partial charge in [-0.25, -0.2) is 8.42 Å². The summed E-state index contributed by atoms with van der Waals surface area (Å²) in [5, 5.41) is 3.78. The predicted octanol–water partition coefficient (Wildman–Crippen LogP) is 1.44. The van der Waals surface area contributed by atoms with Crippen LogP contribution in [0.5, 0.6) is 0 Å². The Bertz CT molecular complexity index is 704. The van der Waals surface area contributed by atoms with Gasteiger partial charge in [-0.2, -0.15) is 4.31 Å². The molecule has 1 N–H and O–H groups in total. The van der Waals surface area contributed by atoms with Gasteiger partial charge in [0.1, 0.15) is 0 Å². The lowest BCUT2D eigenvalue weighted by Crippen LogP contribution is -2.53. The van der Waals surface area contributed by atoms with Crippen LogP contribution in [0, 0.1) is 20.8 Å². The molecule has 1 aromatic carbocycles. The quantitative estimate of drug-likeness (QED) is 0.611. The minimum atomic E-state index is -3.49. The monoisotopic (exact) mass is 385 g/mol. The van der Waals surface area contributed by atoms with Crippen molar-refractivity contribution in [2.45, 2.75) is 25.7 Å². The van der Waals surface area contributed by atoms with Crippen molar-refractivity contribution in [1.29, 1.82) is 0 Å². The minimum Gasteiger partial charge on any atom is -0.383 e. The molecule has 0 saturated carbocycles. The van der Waals surface area contributed by atoms with Crippen molar-refractivity contribution < 1.29 is 13.2 Å². The number of aryl methyl sites for hydroxylation is 3. The summed E-state index contributed by atoms with van der Waals surface area (Å²) in [5.41, 5.74) is 2.68. The molecular weight excluding hydrogens is 358 g/mol. The van der Waals surface area contributed by atoms with E-state index in [0.717, 1.165) is 16.7 Å². The number of sulfonamides is 1. The summed E-state index contributed by atoms with van der Waals surface area (Å²) >= 11 is 5.36. The van der Waals surface area contributed by atoms with Crippen molar-refractivity contribution in [3.05, 3.63) is 28.8 Å². The van der Waals surface area contributed by atoms with Gasteiger partial charge < -0.3 is 15.0 Å². The van der Waals surface area contributed by atoms with Crippen LogP contribution in [-0.4, -0.2) is 69.2 Å². The summed E-state index contributed by atoms with van der Waals surface area (Å²) in [6, 6.07) is 3.84. The highest BCUT2D eigenvalue weighted by atomic mass is 32.2. The number of thiocarbonyl (C=S) groups is 1. The van der Waals surface area contributed by atoms with Gasteiger partial charge in [0, 0.05) is 39.8 Å². The molecule has 8 heteroatoms. The number of ether oxygens (including phenoxy) is 1. The normalized spacial score (nSPS) is 16.1. The average Bonchev–Trinajstić information content (AvgIpc) is 2.54. The van der Waals surface area contributed by atoms with Crippen LogP contribution in [0.4, 0.5) is 0 Å². The molecule has 1 aromatic rings. The smallest absolute Gasteiger partial charge is 0.243 e. The number of hydrogen-bond acceptors (Lipinski definition) is 4. The molecule has 6 nitrogen and oxygen atoms in total. The van der Waals surface area contributed by atoms with Crippen LogP contribution in [0.25, 0.3) is 0 Å². The molecule has 1 aliphatic heterocycles. The fraction of sp³-hybridized carbons (Fsp3) is 0.588. The number of methoxy groups -OCH3 is 1. The number of nitrogens with zero attached hydrogens (tertiary/aromatic N) is 2. The molecule has 0 radical (unpaired) electrons. The van der Waals surface area contributed by atoms with Gasteiger partial charge in [0.15, 0.2) is 5.11 Å². The van der Waals surface area contributed by atoms with Gasteiger partial charge in [0.25, 0.3) is 0 Å². The zero-order chi connectivity index (χ0) is 18.6. The number of benzene rings is 1. The van der Waals surface area contributed by atoms with Gasteiger partial charge in [-0.15, -0.1) is 0 Å². The van der Waals surface area contributed by atoms with Gasteiger partial charge in [0.05, 0.1) is 11.5 Å². The van der Waals surface area contributed by atoms with Crippen molar-refractivity contribution in [3.8, 4) is 0 Å². The maximum Gasteiger partial charge on any atom is 0.243 e. The highest BCUT2D eigenvalue weighted by molar-refractivity contribution is 7.89. The van der Waals surface area contributed by atoms with Crippen molar-refractivity contribution in [3.63, 3.8) is 0 Å². The molecular formula is C17H27N3O3S2. The summed E-state index contributed by atoms with van der Waals surface area (Å²) < 4.78 is 32.7. The third-order valence-corrected chi connectivity index (χ3v) is 6.92. The summed E-state index contributed by atoms with van der Waals surface area (Å²) in [6.45, 7) is 8.96. The first-order chi connectivity index (χ1) is 11.8. The molecule has 0 bridgehead atoms. The lowest BCUT2D eigenvalue weighted by Gasteiger charge is -2.36. The average molecular weight is 386 g/mol. The van der Waals surface area contributed by atoms with Gasteiger partial charge >= 0.3 is 0 Å².